The van der Waals surface area contributed by atoms with Gasteiger partial charge in [-0.15, -0.1) is 0 Å². The van der Waals surface area contributed by atoms with Crippen molar-refractivity contribution in [1.29, 1.82) is 0 Å². The van der Waals surface area contributed by atoms with Crippen molar-refractivity contribution in [2.75, 3.05) is 47.5 Å². The number of allylic oxidation sites excluding steroid dienone is 8. The number of hydrogen-bond acceptors (Lipinski definition) is 8. The van der Waals surface area contributed by atoms with Crippen LogP contribution in [0.2, 0.25) is 0 Å². The van der Waals surface area contributed by atoms with Crippen LogP contribution in [0.15, 0.2) is 48.6 Å². The number of phosphoric acid groups is 1. The lowest BCUT2D eigenvalue weighted by molar-refractivity contribution is -0.870. The summed E-state index contributed by atoms with van der Waals surface area (Å²) in [5, 5.41) is 0. The molecule has 0 aromatic heterocycles. The topological polar surface area (TPSA) is 111 Å². The first kappa shape index (κ1) is 83.0. The van der Waals surface area contributed by atoms with Crippen molar-refractivity contribution in [3.05, 3.63) is 48.6 Å². The van der Waals surface area contributed by atoms with Crippen molar-refractivity contribution < 1.29 is 42.1 Å². The summed E-state index contributed by atoms with van der Waals surface area (Å²) in [7, 11) is 1.18. The third-order valence-corrected chi connectivity index (χ3v) is 17.6. The predicted molar refractivity (Wildman–Crippen MR) is 365 cm³/mol. The normalized spacial score (nSPS) is 13.3. The molecule has 0 aromatic carbocycles. The lowest BCUT2D eigenvalue weighted by Crippen LogP contribution is -2.37. The van der Waals surface area contributed by atoms with Gasteiger partial charge in [0.25, 0.3) is 7.82 Å². The number of phosphoric ester groups is 1. The minimum absolute atomic E-state index is 0.0310. The van der Waals surface area contributed by atoms with Crippen molar-refractivity contribution in [2.24, 2.45) is 0 Å². The van der Waals surface area contributed by atoms with E-state index in [4.69, 9.17) is 18.5 Å². The van der Waals surface area contributed by atoms with E-state index in [2.05, 4.69) is 62.5 Å². The standard InChI is InChI=1S/C75H142NO8P/c1-6-8-10-12-14-16-18-20-22-24-26-28-30-31-32-33-34-35-36-37-38-39-40-41-42-43-44-46-47-49-51-53-55-57-59-61-63-65-67-74(77)81-71-73(72-83-85(79,80)82-70-69-76(3,4)5)84-75(78)68-66-64-62-60-58-56-54-52-50-48-45-29-27-25-23-21-19-17-15-13-11-9-7-2/h9,11,15,17,21,23,27,29,73H,6-8,10,12-14,16,18-20,22,24-26,28,30-72H2,1-5H3/b11-9-,17-15-,23-21-,29-27-. The van der Waals surface area contributed by atoms with Crippen molar-refractivity contribution in [1.82, 2.24) is 0 Å². The van der Waals surface area contributed by atoms with Gasteiger partial charge in [-0.3, -0.25) is 14.2 Å². The molecule has 9 nitrogen and oxygen atoms in total. The van der Waals surface area contributed by atoms with Gasteiger partial charge in [0, 0.05) is 12.8 Å². The van der Waals surface area contributed by atoms with Crippen LogP contribution in [-0.2, 0) is 32.7 Å². The highest BCUT2D eigenvalue weighted by atomic mass is 31.2. The molecule has 2 atom stereocenters. The van der Waals surface area contributed by atoms with Crippen molar-refractivity contribution >= 4 is 19.8 Å². The van der Waals surface area contributed by atoms with Gasteiger partial charge in [-0.1, -0.05) is 351 Å². The average molecular weight is 1220 g/mol. The lowest BCUT2D eigenvalue weighted by atomic mass is 10.0. The first-order chi connectivity index (χ1) is 41.5. The number of nitrogens with zero attached hydrogens (tertiary/aromatic N) is 1. The maximum atomic E-state index is 12.9. The summed E-state index contributed by atoms with van der Waals surface area (Å²) in [4.78, 5) is 38.1. The van der Waals surface area contributed by atoms with Gasteiger partial charge in [0.2, 0.25) is 0 Å². The molecule has 0 rings (SSSR count). The largest absolute Gasteiger partial charge is 0.756 e. The Hall–Kier alpha value is -2.03. The summed E-state index contributed by atoms with van der Waals surface area (Å²) >= 11 is 0. The zero-order valence-corrected chi connectivity index (χ0v) is 58.0. The van der Waals surface area contributed by atoms with E-state index >= 15 is 0 Å². The van der Waals surface area contributed by atoms with E-state index in [9.17, 15) is 19.0 Å². The van der Waals surface area contributed by atoms with Gasteiger partial charge >= 0.3 is 11.9 Å². The minimum atomic E-state index is -4.64. The van der Waals surface area contributed by atoms with Gasteiger partial charge in [0.15, 0.2) is 6.10 Å². The quantitative estimate of drug-likeness (QED) is 0.0195. The third kappa shape index (κ3) is 70.9. The molecule has 500 valence electrons. The van der Waals surface area contributed by atoms with E-state index < -0.39 is 26.5 Å². The Morgan fingerprint density at radius 1 is 0.376 bits per heavy atom. The molecular weight excluding hydrogens is 1070 g/mol. The van der Waals surface area contributed by atoms with E-state index in [1.165, 1.54) is 263 Å². The van der Waals surface area contributed by atoms with Crippen LogP contribution in [0.1, 0.15) is 367 Å². The Morgan fingerprint density at radius 2 is 0.671 bits per heavy atom. The molecule has 0 bridgehead atoms. The molecule has 0 saturated heterocycles. The van der Waals surface area contributed by atoms with Gasteiger partial charge in [0.1, 0.15) is 19.8 Å². The number of esters is 2. The van der Waals surface area contributed by atoms with Crippen LogP contribution in [-0.4, -0.2) is 70.0 Å². The monoisotopic (exact) mass is 1220 g/mol. The summed E-state index contributed by atoms with van der Waals surface area (Å²) < 4.78 is 34.3. The minimum Gasteiger partial charge on any atom is -0.756 e. The Balaban J connectivity index is 3.91. The van der Waals surface area contributed by atoms with Crippen molar-refractivity contribution in [2.45, 2.75) is 373 Å². The molecule has 0 heterocycles. The smallest absolute Gasteiger partial charge is 0.306 e. The number of likely N-dealkylation sites (N-methyl/N-ethyl adjacent to an activating group) is 1. The number of unbranched alkanes of at least 4 members (excludes halogenated alkanes) is 47. The van der Waals surface area contributed by atoms with Crippen LogP contribution in [0.3, 0.4) is 0 Å². The summed E-state index contributed by atoms with van der Waals surface area (Å²) in [6, 6.07) is 0. The second-order valence-electron chi connectivity index (χ2n) is 26.3. The summed E-state index contributed by atoms with van der Waals surface area (Å²) in [6.07, 6.45) is 86.6. The van der Waals surface area contributed by atoms with Crippen molar-refractivity contribution in [3.63, 3.8) is 0 Å². The number of carbonyl (C=O) groups excluding carboxylic acids is 2. The Kier molecular flexibility index (Phi) is 64.8. The fourth-order valence-electron chi connectivity index (χ4n) is 11.0. The van der Waals surface area contributed by atoms with E-state index in [1.54, 1.807) is 0 Å². The summed E-state index contributed by atoms with van der Waals surface area (Å²) in [5.41, 5.74) is 0. The SMILES string of the molecule is CC/C=C\C/C=C\C/C=C\C/C=C\CCCCCCCCCCCCC(=O)OC(COC(=O)CCCCCCCCCCCCCCCCCCCCCCCCCCCCCCCCCCCCCCCC)COP(=O)([O-])OCC[N+](C)(C)C. The van der Waals surface area contributed by atoms with Crippen LogP contribution < -0.4 is 4.89 Å². The number of carbonyl (C=O) groups is 2. The fraction of sp³-hybridized carbons (Fsp3) is 0.867. The molecule has 0 aromatic rings. The van der Waals surface area contributed by atoms with E-state index in [-0.39, 0.29) is 32.0 Å². The van der Waals surface area contributed by atoms with E-state index in [0.29, 0.717) is 17.4 Å². The number of hydrogen-bond donors (Lipinski definition) is 0. The highest BCUT2D eigenvalue weighted by molar-refractivity contribution is 7.45. The summed E-state index contributed by atoms with van der Waals surface area (Å²) in [6.45, 7) is 4.18. The molecule has 0 amide bonds. The van der Waals surface area contributed by atoms with Crippen LogP contribution in [0.5, 0.6) is 0 Å². The average Bonchev–Trinajstić information content (AvgIpc) is 3.50. The molecule has 0 fully saturated rings. The van der Waals surface area contributed by atoms with E-state index in [0.717, 1.165) is 70.6 Å². The Labute approximate surface area is 528 Å². The van der Waals surface area contributed by atoms with Gasteiger partial charge < -0.3 is 27.9 Å². The molecule has 0 aliphatic heterocycles. The number of rotatable bonds is 69. The maximum absolute atomic E-state index is 12.9. The molecule has 2 unspecified atom stereocenters. The molecule has 0 N–H and O–H groups in total. The van der Waals surface area contributed by atoms with Gasteiger partial charge in [0.05, 0.1) is 27.7 Å². The molecular formula is C75H142NO8P. The molecule has 85 heavy (non-hydrogen) atoms. The van der Waals surface area contributed by atoms with Gasteiger partial charge in [-0.25, -0.2) is 0 Å². The van der Waals surface area contributed by atoms with Crippen LogP contribution in [0.4, 0.5) is 0 Å². The number of ether oxygens (including phenoxy) is 2. The lowest BCUT2D eigenvalue weighted by Gasteiger charge is -2.28. The molecule has 0 radical (unpaired) electrons. The predicted octanol–water partition coefficient (Wildman–Crippen LogP) is 23.4. The zero-order valence-electron chi connectivity index (χ0n) is 57.1. The fourth-order valence-corrected chi connectivity index (χ4v) is 11.7. The van der Waals surface area contributed by atoms with Crippen LogP contribution >= 0.6 is 7.82 Å². The molecule has 0 spiro atoms. The molecule has 0 aliphatic rings. The summed E-state index contributed by atoms with van der Waals surface area (Å²) in [5.74, 6) is -0.822. The third-order valence-electron chi connectivity index (χ3n) is 16.6. The zero-order chi connectivity index (χ0) is 61.9. The van der Waals surface area contributed by atoms with Crippen LogP contribution in [0.25, 0.3) is 0 Å². The Morgan fingerprint density at radius 3 is 1.00 bits per heavy atom. The van der Waals surface area contributed by atoms with Gasteiger partial charge in [-0.05, 0) is 51.4 Å². The molecule has 10 heteroatoms. The van der Waals surface area contributed by atoms with Crippen molar-refractivity contribution in [3.8, 4) is 0 Å². The van der Waals surface area contributed by atoms with E-state index in [1.807, 2.05) is 21.1 Å². The second-order valence-corrected chi connectivity index (χ2v) is 27.7. The highest BCUT2D eigenvalue weighted by Crippen LogP contribution is 2.38. The number of quaternary nitrogens is 1. The highest BCUT2D eigenvalue weighted by Gasteiger charge is 2.22. The molecule has 0 aliphatic carbocycles. The molecule has 0 saturated carbocycles. The second kappa shape index (κ2) is 66.4. The first-order valence-corrected chi connectivity index (χ1v) is 38.3. The Bertz CT molecular complexity index is 1570. The first-order valence-electron chi connectivity index (χ1n) is 36.8. The van der Waals surface area contributed by atoms with Gasteiger partial charge in [-0.2, -0.15) is 0 Å². The maximum Gasteiger partial charge on any atom is 0.306 e. The van der Waals surface area contributed by atoms with Crippen LogP contribution in [0, 0.1) is 0 Å².